The summed E-state index contributed by atoms with van der Waals surface area (Å²) < 4.78 is 5.15. The number of hydrogen-bond donors (Lipinski definition) is 2. The van der Waals surface area contributed by atoms with E-state index in [4.69, 9.17) is 4.74 Å². The first-order chi connectivity index (χ1) is 12.7. The molecule has 5 heteroatoms. The van der Waals surface area contributed by atoms with Gasteiger partial charge in [0.15, 0.2) is 0 Å². The van der Waals surface area contributed by atoms with Crippen LogP contribution in [0.25, 0.3) is 5.57 Å². The van der Waals surface area contributed by atoms with E-state index in [1.807, 2.05) is 27.7 Å². The first kappa shape index (κ1) is 29.2. The van der Waals surface area contributed by atoms with Gasteiger partial charge in [-0.15, -0.1) is 13.2 Å². The summed E-state index contributed by atoms with van der Waals surface area (Å²) in [6.07, 6.45) is 2.71. The molecule has 1 amide bonds. The summed E-state index contributed by atoms with van der Waals surface area (Å²) in [4.78, 5) is 15.8. The molecule has 0 aliphatic rings. The van der Waals surface area contributed by atoms with Crippen LogP contribution < -0.4 is 5.32 Å². The van der Waals surface area contributed by atoms with E-state index in [9.17, 15) is 9.90 Å². The second kappa shape index (κ2) is 16.9. The molecule has 27 heavy (non-hydrogen) atoms. The zero-order chi connectivity index (χ0) is 22.0. The molecule has 1 aromatic rings. The molecule has 0 spiro atoms. The minimum Gasteiger partial charge on any atom is -0.512 e. The van der Waals surface area contributed by atoms with Crippen LogP contribution >= 0.6 is 0 Å². The second-order valence-electron chi connectivity index (χ2n) is 5.59. The molecule has 0 fully saturated rings. The third kappa shape index (κ3) is 14.3. The topological polar surface area (TPSA) is 71.5 Å². The van der Waals surface area contributed by atoms with Crippen molar-refractivity contribution in [2.45, 2.75) is 67.5 Å². The van der Waals surface area contributed by atoms with Crippen molar-refractivity contribution in [2.75, 3.05) is 0 Å². The molecule has 1 heterocycles. The van der Waals surface area contributed by atoms with Crippen LogP contribution in [0, 0.1) is 0 Å². The number of aliphatic hydroxyl groups excluding tert-OH is 1. The highest BCUT2D eigenvalue weighted by Gasteiger charge is 2.15. The number of amides is 1. The van der Waals surface area contributed by atoms with Crippen molar-refractivity contribution in [3.63, 3.8) is 0 Å². The Bertz CT molecular complexity index is 569. The average Bonchev–Trinajstić information content (AvgIpc) is 2.64. The van der Waals surface area contributed by atoms with Crippen LogP contribution in [0.5, 0.6) is 0 Å². The molecule has 0 saturated carbocycles. The van der Waals surface area contributed by atoms with Gasteiger partial charge in [-0.05, 0) is 45.4 Å². The fourth-order valence-corrected chi connectivity index (χ4v) is 1.69. The van der Waals surface area contributed by atoms with Crippen LogP contribution in [0.3, 0.4) is 0 Å². The van der Waals surface area contributed by atoms with Crippen LogP contribution in [0.15, 0.2) is 49.9 Å². The zero-order valence-electron chi connectivity index (χ0n) is 18.3. The molecule has 154 valence electrons. The van der Waals surface area contributed by atoms with E-state index in [-0.39, 0.29) is 12.3 Å². The third-order valence-electron chi connectivity index (χ3n) is 2.53. The SMILES string of the molecule is C=C.C=C/C(=C(\C)O)c1ccnc(CNC(=O)OC(C)(C)C)c1.CC.CC. The van der Waals surface area contributed by atoms with E-state index in [0.29, 0.717) is 11.3 Å². The van der Waals surface area contributed by atoms with Gasteiger partial charge >= 0.3 is 6.09 Å². The Morgan fingerprint density at radius 3 is 2.19 bits per heavy atom. The molecule has 0 saturated heterocycles. The second-order valence-corrected chi connectivity index (χ2v) is 5.59. The molecule has 0 atom stereocenters. The smallest absolute Gasteiger partial charge is 0.407 e. The van der Waals surface area contributed by atoms with Crippen LogP contribution in [-0.2, 0) is 11.3 Å². The summed E-state index contributed by atoms with van der Waals surface area (Å²) in [5, 5.41) is 12.2. The first-order valence-electron chi connectivity index (χ1n) is 9.17. The number of ether oxygens (including phenoxy) is 1. The number of nitrogens with zero attached hydrogens (tertiary/aromatic N) is 1. The van der Waals surface area contributed by atoms with Crippen molar-refractivity contribution in [1.82, 2.24) is 10.3 Å². The lowest BCUT2D eigenvalue weighted by Gasteiger charge is -2.19. The molecular weight excluding hydrogens is 340 g/mol. The van der Waals surface area contributed by atoms with E-state index < -0.39 is 11.7 Å². The summed E-state index contributed by atoms with van der Waals surface area (Å²) in [5.74, 6) is 0.183. The Morgan fingerprint density at radius 2 is 1.78 bits per heavy atom. The summed E-state index contributed by atoms with van der Waals surface area (Å²) in [5.41, 5.74) is 1.56. The Kier molecular flexibility index (Phi) is 18.3. The lowest BCUT2D eigenvalue weighted by atomic mass is 10.1. The van der Waals surface area contributed by atoms with Gasteiger partial charge in [0.25, 0.3) is 0 Å². The van der Waals surface area contributed by atoms with Gasteiger partial charge in [-0.2, -0.15) is 0 Å². The summed E-state index contributed by atoms with van der Waals surface area (Å²) in [6, 6.07) is 3.56. The number of pyridine rings is 1. The Balaban J connectivity index is -0.000000869. The van der Waals surface area contributed by atoms with Crippen LogP contribution in [0.1, 0.15) is 66.6 Å². The molecule has 1 aromatic heterocycles. The number of carbonyl (C=O) groups is 1. The van der Waals surface area contributed by atoms with Gasteiger partial charge in [0.1, 0.15) is 5.60 Å². The van der Waals surface area contributed by atoms with Gasteiger partial charge in [-0.25, -0.2) is 4.79 Å². The highest BCUT2D eigenvalue weighted by atomic mass is 16.6. The normalized spacial score (nSPS) is 10.2. The molecule has 0 aliphatic heterocycles. The molecule has 2 N–H and O–H groups in total. The quantitative estimate of drug-likeness (QED) is 0.359. The van der Waals surface area contributed by atoms with Crippen molar-refractivity contribution in [3.05, 3.63) is 61.2 Å². The number of aliphatic hydroxyl groups is 1. The summed E-state index contributed by atoms with van der Waals surface area (Å²) >= 11 is 0. The number of rotatable bonds is 4. The fraction of sp³-hybridized carbons (Fsp3) is 0.455. The van der Waals surface area contributed by atoms with Crippen LogP contribution in [0.2, 0.25) is 0 Å². The molecule has 1 rings (SSSR count). The van der Waals surface area contributed by atoms with Crippen molar-refractivity contribution in [3.8, 4) is 0 Å². The standard InChI is InChI=1S/C16H22N2O3.2C2H6.C2H4/c1-6-14(11(2)19)12-7-8-17-13(9-12)10-18-15(20)21-16(3,4)5;3*1-2/h6-9,19H,1,10H2,2-5H3,(H,18,20);2*1-2H3;1-2H2/b14-11-;;;. The lowest BCUT2D eigenvalue weighted by molar-refractivity contribution is 0.0523. The monoisotopic (exact) mass is 378 g/mol. The maximum Gasteiger partial charge on any atom is 0.407 e. The molecule has 0 radical (unpaired) electrons. The van der Waals surface area contributed by atoms with Gasteiger partial charge < -0.3 is 15.2 Å². The Morgan fingerprint density at radius 1 is 1.26 bits per heavy atom. The number of allylic oxidation sites excluding steroid dienone is 3. The van der Waals surface area contributed by atoms with Crippen LogP contribution in [0.4, 0.5) is 4.79 Å². The van der Waals surface area contributed by atoms with E-state index in [1.165, 1.54) is 0 Å². The number of nitrogens with one attached hydrogen (secondary N) is 1. The number of hydrogen-bond acceptors (Lipinski definition) is 4. The predicted molar refractivity (Wildman–Crippen MR) is 117 cm³/mol. The fourth-order valence-electron chi connectivity index (χ4n) is 1.69. The Labute approximate surface area is 165 Å². The third-order valence-corrected chi connectivity index (χ3v) is 2.53. The first-order valence-corrected chi connectivity index (χ1v) is 9.17. The number of carbonyl (C=O) groups excluding carboxylic acids is 1. The minimum atomic E-state index is -0.536. The lowest BCUT2D eigenvalue weighted by Crippen LogP contribution is -2.32. The zero-order valence-corrected chi connectivity index (χ0v) is 18.3. The average molecular weight is 379 g/mol. The van der Waals surface area contributed by atoms with E-state index in [1.54, 1.807) is 52.1 Å². The maximum atomic E-state index is 11.6. The number of alkyl carbamates (subject to hydrolysis) is 1. The largest absolute Gasteiger partial charge is 0.512 e. The summed E-state index contributed by atoms with van der Waals surface area (Å²) in [7, 11) is 0. The molecule has 0 aliphatic carbocycles. The highest BCUT2D eigenvalue weighted by Crippen LogP contribution is 2.18. The van der Waals surface area contributed by atoms with Crippen molar-refractivity contribution >= 4 is 11.7 Å². The molecule has 0 bridgehead atoms. The predicted octanol–water partition coefficient (Wildman–Crippen LogP) is 6.44. The Hall–Kier alpha value is -2.56. The van der Waals surface area contributed by atoms with E-state index in [2.05, 4.69) is 30.0 Å². The van der Waals surface area contributed by atoms with Gasteiger partial charge in [-0.3, -0.25) is 4.98 Å². The van der Waals surface area contributed by atoms with Crippen LogP contribution in [-0.4, -0.2) is 21.8 Å². The van der Waals surface area contributed by atoms with Gasteiger partial charge in [0.05, 0.1) is 18.0 Å². The molecular formula is C22H38N2O3. The van der Waals surface area contributed by atoms with E-state index in [0.717, 1.165) is 5.56 Å². The van der Waals surface area contributed by atoms with Gasteiger partial charge in [0, 0.05) is 11.8 Å². The maximum absolute atomic E-state index is 11.6. The van der Waals surface area contributed by atoms with Gasteiger partial charge in [0.2, 0.25) is 0 Å². The van der Waals surface area contributed by atoms with Gasteiger partial charge in [-0.1, -0.05) is 40.3 Å². The number of aromatic nitrogens is 1. The molecule has 0 unspecified atom stereocenters. The van der Waals surface area contributed by atoms with Crippen molar-refractivity contribution < 1.29 is 14.6 Å². The minimum absolute atomic E-state index is 0.183. The van der Waals surface area contributed by atoms with E-state index >= 15 is 0 Å². The molecule has 5 nitrogen and oxygen atoms in total. The summed E-state index contributed by atoms with van der Waals surface area (Å²) in [6.45, 7) is 24.9. The molecule has 0 aromatic carbocycles. The van der Waals surface area contributed by atoms with Crippen molar-refractivity contribution in [2.24, 2.45) is 0 Å². The van der Waals surface area contributed by atoms with Crippen molar-refractivity contribution in [1.29, 1.82) is 0 Å². The highest BCUT2D eigenvalue weighted by molar-refractivity contribution is 5.74.